The minimum absolute atomic E-state index is 1.25. The summed E-state index contributed by atoms with van der Waals surface area (Å²) >= 11 is 0. The summed E-state index contributed by atoms with van der Waals surface area (Å²) in [6, 6.07) is 0. The molecule has 0 heterocycles. The number of rotatable bonds is 2. The average molecular weight is 178 g/mol. The summed E-state index contributed by atoms with van der Waals surface area (Å²) in [5.74, 6) is 0. The Kier molecular flexibility index (Phi) is 3.77. The molecule has 0 saturated carbocycles. The Morgan fingerprint density at radius 2 is 1.69 bits per heavy atom. The van der Waals surface area contributed by atoms with Crippen LogP contribution in [0.15, 0.2) is 22.3 Å². The topological polar surface area (TPSA) is 0 Å². The van der Waals surface area contributed by atoms with Gasteiger partial charge in [-0.25, -0.2) is 0 Å². The third-order valence-electron chi connectivity index (χ3n) is 3.21. The molecule has 0 aromatic rings. The fourth-order valence-electron chi connectivity index (χ4n) is 2.11. The molecular weight excluding hydrogens is 156 g/mol. The minimum Gasteiger partial charge on any atom is -0.0732 e. The van der Waals surface area contributed by atoms with Gasteiger partial charge in [-0.2, -0.15) is 0 Å². The first kappa shape index (κ1) is 10.6. The van der Waals surface area contributed by atoms with Crippen molar-refractivity contribution in [3.63, 3.8) is 0 Å². The van der Waals surface area contributed by atoms with E-state index in [2.05, 4.69) is 27.7 Å². The lowest BCUT2D eigenvalue weighted by atomic mass is 9.85. The van der Waals surface area contributed by atoms with E-state index >= 15 is 0 Å². The Hall–Kier alpha value is -0.520. The van der Waals surface area contributed by atoms with Gasteiger partial charge in [0.15, 0.2) is 0 Å². The Morgan fingerprint density at radius 1 is 1.08 bits per heavy atom. The predicted octanol–water partition coefficient (Wildman–Crippen LogP) is 4.62. The summed E-state index contributed by atoms with van der Waals surface area (Å²) in [5, 5.41) is 0. The summed E-state index contributed by atoms with van der Waals surface area (Å²) in [5.41, 5.74) is 6.43. The molecule has 0 radical (unpaired) electrons. The van der Waals surface area contributed by atoms with Gasteiger partial charge in [-0.15, -0.1) is 0 Å². The van der Waals surface area contributed by atoms with E-state index in [1.165, 1.54) is 37.7 Å². The Bertz CT molecular complexity index is 237. The summed E-state index contributed by atoms with van der Waals surface area (Å²) < 4.78 is 0. The van der Waals surface area contributed by atoms with E-state index in [0.29, 0.717) is 0 Å². The van der Waals surface area contributed by atoms with Crippen molar-refractivity contribution in [1.82, 2.24) is 0 Å². The number of allylic oxidation sites excluding steroid dienone is 4. The van der Waals surface area contributed by atoms with Gasteiger partial charge in [-0.1, -0.05) is 18.1 Å². The van der Waals surface area contributed by atoms with Gasteiger partial charge in [0.05, 0.1) is 0 Å². The summed E-state index contributed by atoms with van der Waals surface area (Å²) in [7, 11) is 0. The molecule has 13 heavy (non-hydrogen) atoms. The molecule has 0 fully saturated rings. The molecule has 1 rings (SSSR count). The van der Waals surface area contributed by atoms with Crippen molar-refractivity contribution in [3.05, 3.63) is 22.3 Å². The molecule has 0 heteroatoms. The van der Waals surface area contributed by atoms with Crippen LogP contribution in [0.1, 0.15) is 59.8 Å². The van der Waals surface area contributed by atoms with Gasteiger partial charge in [-0.05, 0) is 64.0 Å². The van der Waals surface area contributed by atoms with E-state index in [1.807, 2.05) is 0 Å². The standard InChI is InChI=1S/C13H22/c1-5-12-8-6-7-9-13(12)11(4)10(2)3/h5-9H2,1-4H3. The van der Waals surface area contributed by atoms with Crippen molar-refractivity contribution in [2.75, 3.05) is 0 Å². The van der Waals surface area contributed by atoms with Crippen molar-refractivity contribution >= 4 is 0 Å². The molecule has 74 valence electrons. The van der Waals surface area contributed by atoms with Crippen molar-refractivity contribution in [2.24, 2.45) is 0 Å². The highest BCUT2D eigenvalue weighted by Crippen LogP contribution is 2.32. The van der Waals surface area contributed by atoms with Crippen molar-refractivity contribution in [3.8, 4) is 0 Å². The van der Waals surface area contributed by atoms with Crippen LogP contribution in [0.25, 0.3) is 0 Å². The van der Waals surface area contributed by atoms with Crippen LogP contribution in [-0.4, -0.2) is 0 Å². The third kappa shape index (κ3) is 2.46. The van der Waals surface area contributed by atoms with E-state index in [4.69, 9.17) is 0 Å². The first-order chi connectivity index (χ1) is 6.16. The second-order valence-corrected chi connectivity index (χ2v) is 4.27. The molecular formula is C13H22. The molecule has 0 aliphatic heterocycles. The first-order valence-electron chi connectivity index (χ1n) is 5.52. The Labute approximate surface area is 82.7 Å². The van der Waals surface area contributed by atoms with Crippen LogP contribution in [0.2, 0.25) is 0 Å². The molecule has 0 unspecified atom stereocenters. The largest absolute Gasteiger partial charge is 0.0732 e. The van der Waals surface area contributed by atoms with Crippen LogP contribution in [0, 0.1) is 0 Å². The highest BCUT2D eigenvalue weighted by Gasteiger charge is 2.12. The van der Waals surface area contributed by atoms with Gasteiger partial charge in [0.25, 0.3) is 0 Å². The van der Waals surface area contributed by atoms with Crippen LogP contribution >= 0.6 is 0 Å². The summed E-state index contributed by atoms with van der Waals surface area (Å²) in [6.07, 6.45) is 6.71. The van der Waals surface area contributed by atoms with Crippen molar-refractivity contribution < 1.29 is 0 Å². The fraction of sp³-hybridized carbons (Fsp3) is 0.692. The van der Waals surface area contributed by atoms with E-state index in [-0.39, 0.29) is 0 Å². The van der Waals surface area contributed by atoms with Crippen LogP contribution in [0.5, 0.6) is 0 Å². The molecule has 0 spiro atoms. The summed E-state index contributed by atoms with van der Waals surface area (Å²) in [4.78, 5) is 0. The van der Waals surface area contributed by atoms with Crippen LogP contribution in [-0.2, 0) is 0 Å². The number of hydrogen-bond acceptors (Lipinski definition) is 0. The zero-order valence-corrected chi connectivity index (χ0v) is 9.54. The van der Waals surface area contributed by atoms with Crippen LogP contribution < -0.4 is 0 Å². The lowest BCUT2D eigenvalue weighted by Crippen LogP contribution is -2.01. The van der Waals surface area contributed by atoms with E-state index in [0.717, 1.165) is 0 Å². The molecule has 0 saturated heterocycles. The molecule has 1 aliphatic rings. The van der Waals surface area contributed by atoms with Gasteiger partial charge in [0.2, 0.25) is 0 Å². The summed E-state index contributed by atoms with van der Waals surface area (Å²) in [6.45, 7) is 9.03. The van der Waals surface area contributed by atoms with Gasteiger partial charge in [0.1, 0.15) is 0 Å². The van der Waals surface area contributed by atoms with Gasteiger partial charge in [0, 0.05) is 0 Å². The fourth-order valence-corrected chi connectivity index (χ4v) is 2.11. The molecule has 0 N–H and O–H groups in total. The maximum atomic E-state index is 2.29. The van der Waals surface area contributed by atoms with E-state index in [1.54, 1.807) is 16.7 Å². The smallest absolute Gasteiger partial charge is 0.0277 e. The van der Waals surface area contributed by atoms with Gasteiger partial charge < -0.3 is 0 Å². The SMILES string of the molecule is CCC1=C(C(C)=C(C)C)CCCC1. The molecule has 0 aromatic carbocycles. The third-order valence-corrected chi connectivity index (χ3v) is 3.21. The number of hydrogen-bond donors (Lipinski definition) is 0. The molecule has 1 aliphatic carbocycles. The Balaban J connectivity index is 2.98. The second-order valence-electron chi connectivity index (χ2n) is 4.27. The minimum atomic E-state index is 1.25. The lowest BCUT2D eigenvalue weighted by Gasteiger charge is -2.21. The zero-order valence-electron chi connectivity index (χ0n) is 9.54. The average Bonchev–Trinajstić information content (AvgIpc) is 2.16. The highest BCUT2D eigenvalue weighted by molar-refractivity contribution is 5.37. The maximum Gasteiger partial charge on any atom is -0.0277 e. The van der Waals surface area contributed by atoms with Crippen molar-refractivity contribution in [2.45, 2.75) is 59.8 Å². The van der Waals surface area contributed by atoms with Gasteiger partial charge >= 0.3 is 0 Å². The molecule has 0 nitrogen and oxygen atoms in total. The highest BCUT2D eigenvalue weighted by atomic mass is 14.2. The zero-order chi connectivity index (χ0) is 9.84. The molecule has 0 atom stereocenters. The van der Waals surface area contributed by atoms with E-state index in [9.17, 15) is 0 Å². The molecule has 0 bridgehead atoms. The van der Waals surface area contributed by atoms with Crippen molar-refractivity contribution in [1.29, 1.82) is 0 Å². The van der Waals surface area contributed by atoms with Crippen LogP contribution in [0.3, 0.4) is 0 Å². The second kappa shape index (κ2) is 4.64. The monoisotopic (exact) mass is 178 g/mol. The Morgan fingerprint density at radius 3 is 2.23 bits per heavy atom. The molecule has 0 amide bonds. The lowest BCUT2D eigenvalue weighted by molar-refractivity contribution is 0.659. The quantitative estimate of drug-likeness (QED) is 0.578. The predicted molar refractivity (Wildman–Crippen MR) is 59.8 cm³/mol. The van der Waals surface area contributed by atoms with Crippen LogP contribution in [0.4, 0.5) is 0 Å². The van der Waals surface area contributed by atoms with Gasteiger partial charge in [-0.3, -0.25) is 0 Å². The normalized spacial score (nSPS) is 17.5. The molecule has 0 aromatic heterocycles. The van der Waals surface area contributed by atoms with E-state index < -0.39 is 0 Å². The first-order valence-corrected chi connectivity index (χ1v) is 5.52. The maximum absolute atomic E-state index is 2.29.